The first-order valence-corrected chi connectivity index (χ1v) is 39.6. The Morgan fingerprint density at radius 3 is 0.764 bits per heavy atom. The second-order valence-corrected chi connectivity index (χ2v) is 28.7. The number of phosphoric ester groups is 2. The highest BCUT2D eigenvalue weighted by Crippen LogP contribution is 2.45. The average molecular weight is 1310 g/mol. The van der Waals surface area contributed by atoms with Crippen LogP contribution in [0, 0.1) is 5.92 Å². The SMILES string of the molecule is CCCCCCCCCCCCCCCCCCCCC(=O)O[C@H](COC(=O)CCCCCCCCCCCCCC(C)C)COP(=O)(O)OC[C@@H](O)COP(=O)(O)OC[C@@H](COC(=O)CCCCCCCCCC)OC(=O)CCCCCCCCCCC. The van der Waals surface area contributed by atoms with Crippen LogP contribution in [0.5, 0.6) is 0 Å². The number of aliphatic hydroxyl groups excluding tert-OH is 1. The second-order valence-electron chi connectivity index (χ2n) is 25.7. The molecule has 0 saturated heterocycles. The summed E-state index contributed by atoms with van der Waals surface area (Å²) in [6, 6.07) is 0. The summed E-state index contributed by atoms with van der Waals surface area (Å²) >= 11 is 0. The molecule has 0 saturated carbocycles. The van der Waals surface area contributed by atoms with Crippen molar-refractivity contribution in [2.45, 2.75) is 380 Å². The lowest BCUT2D eigenvalue weighted by Gasteiger charge is -2.21. The van der Waals surface area contributed by atoms with Crippen LogP contribution in [0.1, 0.15) is 362 Å². The van der Waals surface area contributed by atoms with Gasteiger partial charge < -0.3 is 33.8 Å². The van der Waals surface area contributed by atoms with Gasteiger partial charge in [-0.25, -0.2) is 9.13 Å². The molecule has 0 aliphatic rings. The van der Waals surface area contributed by atoms with E-state index in [0.717, 1.165) is 102 Å². The van der Waals surface area contributed by atoms with Crippen LogP contribution in [-0.4, -0.2) is 96.7 Å². The number of carbonyl (C=O) groups excluding carboxylic acids is 4. The first kappa shape index (κ1) is 87.1. The first-order valence-electron chi connectivity index (χ1n) is 36.6. The maximum Gasteiger partial charge on any atom is 0.472 e. The van der Waals surface area contributed by atoms with E-state index in [-0.39, 0.29) is 25.7 Å². The average Bonchev–Trinajstić information content (AvgIpc) is 3.54. The van der Waals surface area contributed by atoms with Gasteiger partial charge in [-0.05, 0) is 31.6 Å². The van der Waals surface area contributed by atoms with Gasteiger partial charge in [-0.15, -0.1) is 0 Å². The molecule has 19 heteroatoms. The number of hydrogen-bond acceptors (Lipinski definition) is 15. The summed E-state index contributed by atoms with van der Waals surface area (Å²) in [7, 11) is -9.89. The number of aliphatic hydroxyl groups is 1. The molecule has 5 atom stereocenters. The van der Waals surface area contributed by atoms with Gasteiger partial charge in [-0.1, -0.05) is 311 Å². The molecule has 0 aliphatic heterocycles. The number of unbranched alkanes of at least 4 members (excludes halogenated alkanes) is 42. The second kappa shape index (κ2) is 63.5. The molecular formula is C70H136O17P2. The maximum absolute atomic E-state index is 13.0. The minimum atomic E-state index is -4.95. The Labute approximate surface area is 543 Å². The fourth-order valence-corrected chi connectivity index (χ4v) is 12.2. The van der Waals surface area contributed by atoms with Crippen molar-refractivity contribution in [2.24, 2.45) is 5.92 Å². The van der Waals surface area contributed by atoms with Crippen LogP contribution in [0.4, 0.5) is 0 Å². The Morgan fingerprint density at radius 1 is 0.303 bits per heavy atom. The zero-order valence-corrected chi connectivity index (χ0v) is 59.4. The van der Waals surface area contributed by atoms with Gasteiger partial charge in [0.1, 0.15) is 19.3 Å². The molecule has 89 heavy (non-hydrogen) atoms. The van der Waals surface area contributed by atoms with Crippen LogP contribution in [0.2, 0.25) is 0 Å². The zero-order chi connectivity index (χ0) is 65.6. The van der Waals surface area contributed by atoms with E-state index in [1.54, 1.807) is 0 Å². The number of esters is 4. The van der Waals surface area contributed by atoms with E-state index in [0.29, 0.717) is 25.7 Å². The van der Waals surface area contributed by atoms with E-state index < -0.39 is 97.5 Å². The lowest BCUT2D eigenvalue weighted by atomic mass is 10.0. The lowest BCUT2D eigenvalue weighted by Crippen LogP contribution is -2.30. The predicted octanol–water partition coefficient (Wildman–Crippen LogP) is 20.1. The third-order valence-electron chi connectivity index (χ3n) is 16.3. The van der Waals surface area contributed by atoms with E-state index >= 15 is 0 Å². The summed E-state index contributed by atoms with van der Waals surface area (Å²) in [6.07, 6.45) is 50.0. The first-order chi connectivity index (χ1) is 43.0. The molecule has 0 radical (unpaired) electrons. The Bertz CT molecular complexity index is 1720. The highest BCUT2D eigenvalue weighted by atomic mass is 31.2. The van der Waals surface area contributed by atoms with Gasteiger partial charge in [-0.2, -0.15) is 0 Å². The van der Waals surface area contributed by atoms with Crippen molar-refractivity contribution < 1.29 is 80.2 Å². The van der Waals surface area contributed by atoms with Gasteiger partial charge >= 0.3 is 39.5 Å². The Hall–Kier alpha value is -1.94. The molecule has 0 aromatic carbocycles. The Balaban J connectivity index is 5.19. The maximum atomic E-state index is 13.0. The molecule has 2 unspecified atom stereocenters. The third kappa shape index (κ3) is 64.6. The van der Waals surface area contributed by atoms with Gasteiger partial charge in [0, 0.05) is 25.7 Å². The smallest absolute Gasteiger partial charge is 0.462 e. The summed E-state index contributed by atoms with van der Waals surface area (Å²) in [6.45, 7) is 7.21. The number of carbonyl (C=O) groups is 4. The fourth-order valence-electron chi connectivity index (χ4n) is 10.6. The predicted molar refractivity (Wildman–Crippen MR) is 358 cm³/mol. The van der Waals surface area contributed by atoms with E-state index in [4.69, 9.17) is 37.0 Å². The van der Waals surface area contributed by atoms with Crippen LogP contribution in [-0.2, 0) is 65.4 Å². The summed E-state index contributed by atoms with van der Waals surface area (Å²) in [5, 5.41) is 10.6. The van der Waals surface area contributed by atoms with Gasteiger partial charge in [-0.3, -0.25) is 37.3 Å². The van der Waals surface area contributed by atoms with Crippen LogP contribution in [0.3, 0.4) is 0 Å². The van der Waals surface area contributed by atoms with Crippen molar-refractivity contribution in [2.75, 3.05) is 39.6 Å². The van der Waals surface area contributed by atoms with Crippen LogP contribution < -0.4 is 0 Å². The molecule has 0 spiro atoms. The highest BCUT2D eigenvalue weighted by molar-refractivity contribution is 7.47. The summed E-state index contributed by atoms with van der Waals surface area (Å²) < 4.78 is 68.2. The molecule has 0 aromatic heterocycles. The molecule has 0 rings (SSSR count). The number of ether oxygens (including phenoxy) is 4. The zero-order valence-electron chi connectivity index (χ0n) is 57.6. The Kier molecular flexibility index (Phi) is 62.1. The molecule has 528 valence electrons. The largest absolute Gasteiger partial charge is 0.472 e. The monoisotopic (exact) mass is 1310 g/mol. The van der Waals surface area contributed by atoms with Crippen molar-refractivity contribution in [3.63, 3.8) is 0 Å². The van der Waals surface area contributed by atoms with Crippen molar-refractivity contribution >= 4 is 39.5 Å². The molecule has 0 fully saturated rings. The summed E-state index contributed by atoms with van der Waals surface area (Å²) in [5.74, 6) is -1.35. The van der Waals surface area contributed by atoms with Gasteiger partial charge in [0.2, 0.25) is 0 Å². The van der Waals surface area contributed by atoms with E-state index in [1.165, 1.54) is 180 Å². The van der Waals surface area contributed by atoms with Gasteiger partial charge in [0.05, 0.1) is 26.4 Å². The number of rotatable bonds is 70. The molecule has 3 N–H and O–H groups in total. The number of hydrogen-bond donors (Lipinski definition) is 3. The van der Waals surface area contributed by atoms with Crippen molar-refractivity contribution in [3.05, 3.63) is 0 Å². The van der Waals surface area contributed by atoms with Gasteiger partial charge in [0.15, 0.2) is 12.2 Å². The molecule has 0 aliphatic carbocycles. The molecule has 0 bridgehead atoms. The van der Waals surface area contributed by atoms with Gasteiger partial charge in [0.25, 0.3) is 0 Å². The molecule has 0 amide bonds. The number of phosphoric acid groups is 2. The Morgan fingerprint density at radius 2 is 0.517 bits per heavy atom. The third-order valence-corrected chi connectivity index (χ3v) is 18.2. The minimum absolute atomic E-state index is 0.106. The van der Waals surface area contributed by atoms with Crippen molar-refractivity contribution in [1.82, 2.24) is 0 Å². The van der Waals surface area contributed by atoms with E-state index in [2.05, 4.69) is 34.6 Å². The molecule has 17 nitrogen and oxygen atoms in total. The summed E-state index contributed by atoms with van der Waals surface area (Å²) in [5.41, 5.74) is 0. The van der Waals surface area contributed by atoms with Crippen molar-refractivity contribution in [1.29, 1.82) is 0 Å². The van der Waals surface area contributed by atoms with Crippen molar-refractivity contribution in [3.8, 4) is 0 Å². The quantitative estimate of drug-likeness (QED) is 0.0222. The summed E-state index contributed by atoms with van der Waals surface area (Å²) in [4.78, 5) is 72.4. The van der Waals surface area contributed by atoms with Crippen LogP contribution in [0.25, 0.3) is 0 Å². The molecule has 0 heterocycles. The van der Waals surface area contributed by atoms with Crippen LogP contribution in [0.15, 0.2) is 0 Å². The van der Waals surface area contributed by atoms with E-state index in [9.17, 15) is 43.2 Å². The minimum Gasteiger partial charge on any atom is -0.462 e. The topological polar surface area (TPSA) is 237 Å². The lowest BCUT2D eigenvalue weighted by molar-refractivity contribution is -0.161. The molecule has 0 aromatic rings. The standard InChI is InChI=1S/C70H136O17P2/c1-6-9-12-15-18-21-22-23-24-25-26-27-28-31-36-41-46-51-56-70(75)87-66(60-81-68(73)54-49-44-39-35-32-29-30-34-37-42-47-52-63(4)5)62-85-89(78,79)83-58-64(71)57-82-88(76,77)84-61-65(59-80-67(72)53-48-43-38-20-17-14-11-8-3)86-69(74)55-50-45-40-33-19-16-13-10-7-2/h63-66,71H,6-62H2,1-5H3,(H,76,77)(H,78,79)/t64-,65+,66+/m0/s1. The fraction of sp³-hybridized carbons (Fsp3) is 0.943. The normalized spacial score (nSPS) is 14.1. The highest BCUT2D eigenvalue weighted by Gasteiger charge is 2.30. The van der Waals surface area contributed by atoms with E-state index in [1.807, 2.05) is 0 Å². The molecular weight excluding hydrogens is 1170 g/mol. The van der Waals surface area contributed by atoms with Crippen LogP contribution >= 0.6 is 15.6 Å².